The highest BCUT2D eigenvalue weighted by molar-refractivity contribution is 7.80. The summed E-state index contributed by atoms with van der Waals surface area (Å²) in [6.07, 6.45) is 3.44. The Kier molecular flexibility index (Phi) is 5.32. The van der Waals surface area contributed by atoms with E-state index < -0.39 is 0 Å². The number of anilines is 1. The van der Waals surface area contributed by atoms with Crippen molar-refractivity contribution >= 4 is 23.0 Å². The van der Waals surface area contributed by atoms with Gasteiger partial charge in [0, 0.05) is 24.6 Å². The number of thiocarbonyl (C=S) groups is 1. The van der Waals surface area contributed by atoms with E-state index in [0.717, 1.165) is 17.0 Å². The second-order valence-electron chi connectivity index (χ2n) is 4.12. The molecule has 20 heavy (non-hydrogen) atoms. The third-order valence-corrected chi connectivity index (χ3v) is 2.87. The standard InChI is InChI=1S/C15H17N3OS/c1-2-19-14-5-3-12(4-6-14)11-17-15(20)18-13-7-9-16-10-8-13/h3-10H,2,11H2,1H3,(H2,16,17,18,20). The predicted octanol–water partition coefficient (Wildman–Crippen LogP) is 2.97. The fourth-order valence-corrected chi connectivity index (χ4v) is 1.85. The molecule has 0 saturated heterocycles. The number of nitrogens with zero attached hydrogens (tertiary/aromatic N) is 1. The smallest absolute Gasteiger partial charge is 0.171 e. The van der Waals surface area contributed by atoms with Gasteiger partial charge in [-0.15, -0.1) is 0 Å². The molecule has 2 aromatic rings. The molecule has 1 aromatic heterocycles. The maximum Gasteiger partial charge on any atom is 0.171 e. The number of pyridine rings is 1. The second kappa shape index (κ2) is 7.45. The molecule has 0 bridgehead atoms. The lowest BCUT2D eigenvalue weighted by atomic mass is 10.2. The van der Waals surface area contributed by atoms with Crippen molar-refractivity contribution in [2.24, 2.45) is 0 Å². The zero-order valence-corrected chi connectivity index (χ0v) is 12.1. The number of nitrogens with one attached hydrogen (secondary N) is 2. The van der Waals surface area contributed by atoms with Crippen LogP contribution < -0.4 is 15.4 Å². The summed E-state index contributed by atoms with van der Waals surface area (Å²) in [4.78, 5) is 3.95. The van der Waals surface area contributed by atoms with Gasteiger partial charge in [-0.05, 0) is 49.0 Å². The van der Waals surface area contributed by atoms with E-state index in [1.165, 1.54) is 0 Å². The van der Waals surface area contributed by atoms with E-state index in [2.05, 4.69) is 15.6 Å². The van der Waals surface area contributed by atoms with E-state index in [1.54, 1.807) is 12.4 Å². The molecule has 0 saturated carbocycles. The van der Waals surface area contributed by atoms with E-state index in [0.29, 0.717) is 18.3 Å². The number of hydrogen-bond donors (Lipinski definition) is 2. The molecular formula is C15H17N3OS. The highest BCUT2D eigenvalue weighted by Gasteiger charge is 1.98. The Morgan fingerprint density at radius 2 is 1.85 bits per heavy atom. The number of rotatable bonds is 5. The van der Waals surface area contributed by atoms with Crippen LogP contribution in [0.4, 0.5) is 5.69 Å². The van der Waals surface area contributed by atoms with Crippen LogP contribution in [-0.4, -0.2) is 16.7 Å². The Morgan fingerprint density at radius 3 is 2.50 bits per heavy atom. The molecule has 0 unspecified atom stereocenters. The summed E-state index contributed by atoms with van der Waals surface area (Å²) >= 11 is 5.24. The molecule has 2 rings (SSSR count). The van der Waals surface area contributed by atoms with Gasteiger partial charge in [-0.3, -0.25) is 4.98 Å². The topological polar surface area (TPSA) is 46.2 Å². The Bertz CT molecular complexity index is 543. The van der Waals surface area contributed by atoms with E-state index in [1.807, 2.05) is 43.3 Å². The van der Waals surface area contributed by atoms with Crippen molar-refractivity contribution < 1.29 is 4.74 Å². The van der Waals surface area contributed by atoms with Crippen LogP contribution in [-0.2, 0) is 6.54 Å². The van der Waals surface area contributed by atoms with Crippen molar-refractivity contribution in [3.8, 4) is 5.75 Å². The van der Waals surface area contributed by atoms with Gasteiger partial charge in [0.15, 0.2) is 5.11 Å². The predicted molar refractivity (Wildman–Crippen MR) is 84.9 cm³/mol. The van der Waals surface area contributed by atoms with Crippen LogP contribution >= 0.6 is 12.2 Å². The first kappa shape index (κ1) is 14.3. The van der Waals surface area contributed by atoms with Crippen LogP contribution in [0.1, 0.15) is 12.5 Å². The maximum atomic E-state index is 5.40. The lowest BCUT2D eigenvalue weighted by molar-refractivity contribution is 0.340. The monoisotopic (exact) mass is 287 g/mol. The van der Waals surface area contributed by atoms with Crippen molar-refractivity contribution in [1.29, 1.82) is 0 Å². The minimum absolute atomic E-state index is 0.588. The molecule has 104 valence electrons. The van der Waals surface area contributed by atoms with Crippen molar-refractivity contribution in [3.63, 3.8) is 0 Å². The molecule has 1 aromatic carbocycles. The molecule has 0 fully saturated rings. The molecule has 2 N–H and O–H groups in total. The maximum absolute atomic E-state index is 5.40. The van der Waals surface area contributed by atoms with Gasteiger partial charge >= 0.3 is 0 Å². The van der Waals surface area contributed by atoms with Crippen molar-refractivity contribution in [2.75, 3.05) is 11.9 Å². The number of aromatic nitrogens is 1. The molecule has 5 heteroatoms. The Labute approximate surface area is 124 Å². The quantitative estimate of drug-likeness (QED) is 0.828. The van der Waals surface area contributed by atoms with Gasteiger partial charge < -0.3 is 15.4 Å². The molecule has 0 aliphatic rings. The summed E-state index contributed by atoms with van der Waals surface area (Å²) < 4.78 is 5.40. The fraction of sp³-hybridized carbons (Fsp3) is 0.200. The molecule has 4 nitrogen and oxygen atoms in total. The first-order valence-corrected chi connectivity index (χ1v) is 6.85. The van der Waals surface area contributed by atoms with Gasteiger partial charge in [-0.2, -0.15) is 0 Å². The molecule has 0 radical (unpaired) electrons. The van der Waals surface area contributed by atoms with E-state index >= 15 is 0 Å². The third-order valence-electron chi connectivity index (χ3n) is 2.63. The molecular weight excluding hydrogens is 270 g/mol. The van der Waals surface area contributed by atoms with Crippen LogP contribution in [0.25, 0.3) is 0 Å². The minimum Gasteiger partial charge on any atom is -0.494 e. The summed E-state index contributed by atoms with van der Waals surface area (Å²) in [5.74, 6) is 0.883. The molecule has 0 aliphatic carbocycles. The summed E-state index contributed by atoms with van der Waals surface area (Å²) in [6.45, 7) is 3.32. The fourth-order valence-electron chi connectivity index (χ4n) is 1.66. The Balaban J connectivity index is 1.81. The van der Waals surface area contributed by atoms with Gasteiger partial charge in [0.2, 0.25) is 0 Å². The summed E-state index contributed by atoms with van der Waals surface area (Å²) in [5.41, 5.74) is 2.07. The number of hydrogen-bond acceptors (Lipinski definition) is 3. The first-order chi connectivity index (χ1) is 9.78. The van der Waals surface area contributed by atoms with E-state index in [-0.39, 0.29) is 0 Å². The van der Waals surface area contributed by atoms with E-state index in [4.69, 9.17) is 17.0 Å². The zero-order chi connectivity index (χ0) is 14.2. The molecule has 0 atom stereocenters. The van der Waals surface area contributed by atoms with Crippen molar-refractivity contribution in [2.45, 2.75) is 13.5 Å². The SMILES string of the molecule is CCOc1ccc(CNC(=S)Nc2ccncc2)cc1. The normalized spacial score (nSPS) is 9.85. The Morgan fingerprint density at radius 1 is 1.15 bits per heavy atom. The van der Waals surface area contributed by atoms with Crippen LogP contribution in [0.2, 0.25) is 0 Å². The lowest BCUT2D eigenvalue weighted by Crippen LogP contribution is -2.27. The van der Waals surface area contributed by atoms with Crippen LogP contribution in [0.5, 0.6) is 5.75 Å². The van der Waals surface area contributed by atoms with Crippen molar-refractivity contribution in [1.82, 2.24) is 10.3 Å². The first-order valence-electron chi connectivity index (χ1n) is 6.44. The molecule has 0 aliphatic heterocycles. The second-order valence-corrected chi connectivity index (χ2v) is 4.53. The average molecular weight is 287 g/mol. The highest BCUT2D eigenvalue weighted by Crippen LogP contribution is 2.12. The third kappa shape index (κ3) is 4.51. The van der Waals surface area contributed by atoms with Crippen LogP contribution in [0.3, 0.4) is 0 Å². The lowest BCUT2D eigenvalue weighted by Gasteiger charge is -2.10. The van der Waals surface area contributed by atoms with Gasteiger partial charge in [-0.25, -0.2) is 0 Å². The Hall–Kier alpha value is -2.14. The summed E-state index contributed by atoms with van der Waals surface area (Å²) in [6, 6.07) is 11.7. The highest BCUT2D eigenvalue weighted by atomic mass is 32.1. The van der Waals surface area contributed by atoms with E-state index in [9.17, 15) is 0 Å². The van der Waals surface area contributed by atoms with Crippen LogP contribution in [0, 0.1) is 0 Å². The molecule has 0 amide bonds. The number of ether oxygens (including phenoxy) is 1. The van der Waals surface area contributed by atoms with Crippen LogP contribution in [0.15, 0.2) is 48.8 Å². The largest absolute Gasteiger partial charge is 0.494 e. The van der Waals surface area contributed by atoms with Gasteiger partial charge in [0.25, 0.3) is 0 Å². The van der Waals surface area contributed by atoms with Gasteiger partial charge in [-0.1, -0.05) is 12.1 Å². The number of benzene rings is 1. The van der Waals surface area contributed by atoms with Crippen molar-refractivity contribution in [3.05, 3.63) is 54.4 Å². The summed E-state index contributed by atoms with van der Waals surface area (Å²) in [5, 5.41) is 6.85. The molecule has 1 heterocycles. The molecule has 0 spiro atoms. The van der Waals surface area contributed by atoms with Gasteiger partial charge in [0.1, 0.15) is 5.75 Å². The minimum atomic E-state index is 0.588. The average Bonchev–Trinajstić information content (AvgIpc) is 2.48. The zero-order valence-electron chi connectivity index (χ0n) is 11.3. The summed E-state index contributed by atoms with van der Waals surface area (Å²) in [7, 11) is 0. The van der Waals surface area contributed by atoms with Gasteiger partial charge in [0.05, 0.1) is 6.61 Å².